The van der Waals surface area contributed by atoms with Gasteiger partial charge in [-0.15, -0.1) is 0 Å². The van der Waals surface area contributed by atoms with Crippen molar-refractivity contribution in [2.75, 3.05) is 6.54 Å². The molecule has 0 radical (unpaired) electrons. The number of nitrogens with one attached hydrogen (secondary N) is 1. The minimum absolute atomic E-state index is 0.0515. The molecule has 25 heavy (non-hydrogen) atoms. The van der Waals surface area contributed by atoms with Crippen molar-refractivity contribution in [1.82, 2.24) is 29.6 Å². The molecule has 0 aliphatic carbocycles. The summed E-state index contributed by atoms with van der Waals surface area (Å²) >= 11 is 0. The molecule has 7 nitrogen and oxygen atoms in total. The fraction of sp³-hybridized carbons (Fsp3) is 0.333. The van der Waals surface area contributed by atoms with Gasteiger partial charge in [-0.1, -0.05) is 0 Å². The quantitative estimate of drug-likeness (QED) is 0.783. The van der Waals surface area contributed by atoms with Gasteiger partial charge in [0.15, 0.2) is 0 Å². The number of pyridine rings is 1. The van der Waals surface area contributed by atoms with Crippen molar-refractivity contribution >= 4 is 0 Å². The highest BCUT2D eigenvalue weighted by Crippen LogP contribution is 2.20. The Bertz CT molecular complexity index is 959. The van der Waals surface area contributed by atoms with Crippen LogP contribution in [0, 0.1) is 6.92 Å². The first-order valence-corrected chi connectivity index (χ1v) is 8.34. The molecular weight excluding hydrogens is 316 g/mol. The lowest BCUT2D eigenvalue weighted by Crippen LogP contribution is -2.35. The van der Waals surface area contributed by atoms with Crippen LogP contribution >= 0.6 is 0 Å². The lowest BCUT2D eigenvalue weighted by molar-refractivity contribution is 0.241. The zero-order chi connectivity index (χ0) is 17.4. The molecule has 0 fully saturated rings. The first kappa shape index (κ1) is 15.7. The number of hydrogen-bond acceptors (Lipinski definition) is 5. The summed E-state index contributed by atoms with van der Waals surface area (Å²) in [5.41, 5.74) is 4.73. The van der Waals surface area contributed by atoms with Crippen LogP contribution in [0.4, 0.5) is 0 Å². The maximum absolute atomic E-state index is 12.6. The molecule has 0 bridgehead atoms. The van der Waals surface area contributed by atoms with E-state index in [0.29, 0.717) is 12.4 Å². The second-order valence-electron chi connectivity index (χ2n) is 6.45. The van der Waals surface area contributed by atoms with Gasteiger partial charge in [0.05, 0.1) is 17.0 Å². The average molecular weight is 336 g/mol. The van der Waals surface area contributed by atoms with Crippen molar-refractivity contribution in [3.05, 3.63) is 63.6 Å². The second-order valence-corrected chi connectivity index (χ2v) is 6.45. The van der Waals surface area contributed by atoms with Gasteiger partial charge in [0, 0.05) is 62.8 Å². The van der Waals surface area contributed by atoms with Gasteiger partial charge in [-0.25, -0.2) is 4.98 Å². The third-order valence-electron chi connectivity index (χ3n) is 4.61. The number of H-pyrrole nitrogens is 1. The Morgan fingerprint density at radius 1 is 1.28 bits per heavy atom. The van der Waals surface area contributed by atoms with E-state index in [9.17, 15) is 4.79 Å². The van der Waals surface area contributed by atoms with E-state index in [4.69, 9.17) is 0 Å². The van der Waals surface area contributed by atoms with E-state index in [1.165, 1.54) is 5.56 Å². The predicted octanol–water partition coefficient (Wildman–Crippen LogP) is 1.43. The van der Waals surface area contributed by atoms with Crippen LogP contribution in [0.1, 0.15) is 22.5 Å². The molecule has 1 aliphatic heterocycles. The van der Waals surface area contributed by atoms with Crippen LogP contribution in [0.25, 0.3) is 11.4 Å². The summed E-state index contributed by atoms with van der Waals surface area (Å²) in [6.45, 7) is 4.31. The maximum atomic E-state index is 12.6. The van der Waals surface area contributed by atoms with Crippen molar-refractivity contribution in [2.24, 2.45) is 7.05 Å². The normalized spacial score (nSPS) is 14.5. The Morgan fingerprint density at radius 3 is 2.80 bits per heavy atom. The maximum Gasteiger partial charge on any atom is 0.255 e. The molecule has 0 amide bonds. The molecular formula is C18H20N6O. The summed E-state index contributed by atoms with van der Waals surface area (Å²) in [6, 6.07) is 3.70. The molecule has 0 aromatic carbocycles. The number of fused-ring (bicyclic) bond motifs is 1. The number of aromatic nitrogens is 5. The van der Waals surface area contributed by atoms with E-state index in [2.05, 4.69) is 25.0 Å². The lowest BCUT2D eigenvalue weighted by atomic mass is 10.1. The van der Waals surface area contributed by atoms with E-state index in [0.717, 1.165) is 42.0 Å². The monoisotopic (exact) mass is 336 g/mol. The highest BCUT2D eigenvalue weighted by Gasteiger charge is 2.22. The molecule has 0 atom stereocenters. The first-order valence-electron chi connectivity index (χ1n) is 8.34. The molecule has 3 aromatic rings. The minimum Gasteiger partial charge on any atom is -0.306 e. The van der Waals surface area contributed by atoms with Gasteiger partial charge >= 0.3 is 0 Å². The fourth-order valence-corrected chi connectivity index (χ4v) is 3.31. The molecule has 0 saturated carbocycles. The largest absolute Gasteiger partial charge is 0.306 e. The molecule has 1 N–H and O–H groups in total. The zero-order valence-corrected chi connectivity index (χ0v) is 14.4. The Labute approximate surface area is 145 Å². The van der Waals surface area contributed by atoms with Gasteiger partial charge in [0.2, 0.25) is 0 Å². The van der Waals surface area contributed by atoms with Gasteiger partial charge in [0.25, 0.3) is 5.56 Å². The Kier molecular flexibility index (Phi) is 3.93. The van der Waals surface area contributed by atoms with Crippen LogP contribution in [0.5, 0.6) is 0 Å². The Balaban J connectivity index is 1.59. The summed E-state index contributed by atoms with van der Waals surface area (Å²) in [4.78, 5) is 26.4. The van der Waals surface area contributed by atoms with Crippen molar-refractivity contribution < 1.29 is 0 Å². The van der Waals surface area contributed by atoms with Gasteiger partial charge in [-0.05, 0) is 19.1 Å². The van der Waals surface area contributed by atoms with Crippen molar-refractivity contribution in [3.8, 4) is 11.4 Å². The standard InChI is InChI=1S/C18H20N6O/c1-12-14(9-23(2)22-12)10-24-8-5-16-15(11-24)18(25)21-17(20-16)13-3-6-19-7-4-13/h3-4,6-7,9H,5,8,10-11H2,1-2H3,(H,20,21,25). The summed E-state index contributed by atoms with van der Waals surface area (Å²) in [6.07, 6.45) is 6.22. The van der Waals surface area contributed by atoms with E-state index < -0.39 is 0 Å². The molecule has 7 heteroatoms. The van der Waals surface area contributed by atoms with E-state index in [1.54, 1.807) is 12.4 Å². The molecule has 4 rings (SSSR count). The van der Waals surface area contributed by atoms with Crippen LogP contribution in [-0.2, 0) is 26.6 Å². The Morgan fingerprint density at radius 2 is 2.08 bits per heavy atom. The van der Waals surface area contributed by atoms with Gasteiger partial charge in [-0.3, -0.25) is 19.4 Å². The van der Waals surface area contributed by atoms with Crippen LogP contribution in [0.3, 0.4) is 0 Å². The summed E-state index contributed by atoms with van der Waals surface area (Å²) in [7, 11) is 1.93. The number of nitrogens with zero attached hydrogens (tertiary/aromatic N) is 5. The van der Waals surface area contributed by atoms with Crippen LogP contribution < -0.4 is 5.56 Å². The fourth-order valence-electron chi connectivity index (χ4n) is 3.31. The van der Waals surface area contributed by atoms with E-state index >= 15 is 0 Å². The van der Waals surface area contributed by atoms with Crippen molar-refractivity contribution in [2.45, 2.75) is 26.4 Å². The third-order valence-corrected chi connectivity index (χ3v) is 4.61. The second kappa shape index (κ2) is 6.25. The third kappa shape index (κ3) is 3.10. The molecule has 0 unspecified atom stereocenters. The highest BCUT2D eigenvalue weighted by atomic mass is 16.1. The smallest absolute Gasteiger partial charge is 0.255 e. The topological polar surface area (TPSA) is 79.7 Å². The number of rotatable bonds is 3. The molecule has 0 spiro atoms. The van der Waals surface area contributed by atoms with Crippen molar-refractivity contribution in [3.63, 3.8) is 0 Å². The summed E-state index contributed by atoms with van der Waals surface area (Å²) < 4.78 is 1.83. The lowest BCUT2D eigenvalue weighted by Gasteiger charge is -2.27. The number of aryl methyl sites for hydroxylation is 2. The summed E-state index contributed by atoms with van der Waals surface area (Å²) in [5.74, 6) is 0.614. The van der Waals surface area contributed by atoms with E-state index in [1.807, 2.05) is 37.0 Å². The Hall–Kier alpha value is -2.80. The number of hydrogen-bond donors (Lipinski definition) is 1. The average Bonchev–Trinajstić information content (AvgIpc) is 2.93. The van der Waals surface area contributed by atoms with Gasteiger partial charge in [0.1, 0.15) is 5.82 Å². The molecule has 3 aromatic heterocycles. The van der Waals surface area contributed by atoms with Crippen molar-refractivity contribution in [1.29, 1.82) is 0 Å². The molecule has 128 valence electrons. The zero-order valence-electron chi connectivity index (χ0n) is 14.4. The predicted molar refractivity (Wildman–Crippen MR) is 93.9 cm³/mol. The SMILES string of the molecule is Cc1nn(C)cc1CN1CCc2nc(-c3ccncc3)[nH]c(=O)c2C1. The van der Waals surface area contributed by atoms with Gasteiger partial charge < -0.3 is 4.98 Å². The number of aromatic amines is 1. The highest BCUT2D eigenvalue weighted by molar-refractivity contribution is 5.54. The van der Waals surface area contributed by atoms with Crippen LogP contribution in [-0.4, -0.2) is 36.2 Å². The van der Waals surface area contributed by atoms with Gasteiger partial charge in [-0.2, -0.15) is 5.10 Å². The van der Waals surface area contributed by atoms with E-state index in [-0.39, 0.29) is 5.56 Å². The van der Waals surface area contributed by atoms with Crippen LogP contribution in [0.2, 0.25) is 0 Å². The molecule has 4 heterocycles. The minimum atomic E-state index is -0.0515. The molecule has 0 saturated heterocycles. The van der Waals surface area contributed by atoms with Crippen LogP contribution in [0.15, 0.2) is 35.5 Å². The molecule has 1 aliphatic rings. The summed E-state index contributed by atoms with van der Waals surface area (Å²) in [5, 5.41) is 4.39. The first-order chi connectivity index (χ1) is 12.1.